The van der Waals surface area contributed by atoms with Gasteiger partial charge in [-0.3, -0.25) is 0 Å². The van der Waals surface area contributed by atoms with E-state index in [2.05, 4.69) is 161 Å². The minimum atomic E-state index is 0.709. The number of aromatic nitrogens is 4. The van der Waals surface area contributed by atoms with E-state index >= 15 is 0 Å². The number of hydrogen-bond donors (Lipinski definition) is 0. The highest BCUT2D eigenvalue weighted by molar-refractivity contribution is 6.13. The van der Waals surface area contributed by atoms with Gasteiger partial charge in [0.25, 0.3) is 0 Å². The summed E-state index contributed by atoms with van der Waals surface area (Å²) in [6.45, 7) is 0. The largest absolute Gasteiger partial charge is 0.309 e. The molecule has 0 atom stereocenters. The van der Waals surface area contributed by atoms with E-state index < -0.39 is 0 Å². The van der Waals surface area contributed by atoms with Gasteiger partial charge in [0.15, 0.2) is 5.82 Å². The Kier molecular flexibility index (Phi) is 6.46. The zero-order chi connectivity index (χ0) is 33.0. The van der Waals surface area contributed by atoms with Crippen molar-refractivity contribution in [3.63, 3.8) is 0 Å². The fraction of sp³-hybridized carbons (Fsp3) is 0. The lowest BCUT2D eigenvalue weighted by Crippen LogP contribution is -2.02. The van der Waals surface area contributed by atoms with Crippen molar-refractivity contribution >= 4 is 43.6 Å². The van der Waals surface area contributed by atoms with Gasteiger partial charge < -0.3 is 9.13 Å². The average Bonchev–Trinajstić information content (AvgIpc) is 3.71. The van der Waals surface area contributed by atoms with E-state index in [1.165, 1.54) is 43.7 Å². The molecule has 4 heteroatoms. The lowest BCUT2D eigenvalue weighted by molar-refractivity contribution is 1.09. The Morgan fingerprint density at radius 3 is 1.46 bits per heavy atom. The molecule has 0 aliphatic heterocycles. The molecule has 0 radical (unpaired) electrons. The van der Waals surface area contributed by atoms with Gasteiger partial charge >= 0.3 is 0 Å². The van der Waals surface area contributed by atoms with Gasteiger partial charge in [0, 0.05) is 38.4 Å². The summed E-state index contributed by atoms with van der Waals surface area (Å²) in [4.78, 5) is 10.1. The summed E-state index contributed by atoms with van der Waals surface area (Å²) in [5, 5.41) is 4.87. The van der Waals surface area contributed by atoms with Crippen molar-refractivity contribution < 1.29 is 0 Å². The van der Waals surface area contributed by atoms with E-state index in [9.17, 15) is 0 Å². The summed E-state index contributed by atoms with van der Waals surface area (Å²) in [7, 11) is 0. The quantitative estimate of drug-likeness (QED) is 0.188. The highest BCUT2D eigenvalue weighted by Crippen LogP contribution is 2.39. The number of benzene rings is 7. The van der Waals surface area contributed by atoms with Gasteiger partial charge in [-0.1, -0.05) is 127 Å². The molecule has 0 unspecified atom stereocenters. The molecule has 50 heavy (non-hydrogen) atoms. The Balaban J connectivity index is 1.17. The van der Waals surface area contributed by atoms with Crippen molar-refractivity contribution in [2.24, 2.45) is 0 Å². The smallest absolute Gasteiger partial charge is 0.159 e. The van der Waals surface area contributed by atoms with Crippen LogP contribution < -0.4 is 0 Å². The van der Waals surface area contributed by atoms with Crippen molar-refractivity contribution in [3.05, 3.63) is 182 Å². The van der Waals surface area contributed by atoms with Crippen LogP contribution in [-0.4, -0.2) is 19.1 Å². The van der Waals surface area contributed by atoms with Gasteiger partial charge in [-0.25, -0.2) is 9.97 Å². The van der Waals surface area contributed by atoms with E-state index in [1.807, 2.05) is 30.5 Å². The van der Waals surface area contributed by atoms with Crippen LogP contribution in [0.1, 0.15) is 0 Å². The van der Waals surface area contributed by atoms with Crippen molar-refractivity contribution in [3.8, 4) is 45.1 Å². The molecule has 0 bridgehead atoms. The third kappa shape index (κ3) is 4.46. The Morgan fingerprint density at radius 1 is 0.360 bits per heavy atom. The third-order valence-electron chi connectivity index (χ3n) is 9.78. The SMILES string of the molecule is c1ccc(-c2ncc(-n3c4ccccc4c4cc(-c5ccc6c(c5)c5ccccc5n6-c5ccccc5)ccc43)c(-c3ccccc3)n2)cc1. The zero-order valence-corrected chi connectivity index (χ0v) is 27.1. The monoisotopic (exact) mass is 638 g/mol. The van der Waals surface area contributed by atoms with Crippen LogP contribution in [0, 0.1) is 0 Å². The highest BCUT2D eigenvalue weighted by atomic mass is 15.0. The minimum Gasteiger partial charge on any atom is -0.309 e. The number of nitrogens with zero attached hydrogens (tertiary/aromatic N) is 4. The molecular weight excluding hydrogens is 609 g/mol. The summed E-state index contributed by atoms with van der Waals surface area (Å²) in [5.41, 5.74) is 12.1. The second kappa shape index (κ2) is 11.4. The highest BCUT2D eigenvalue weighted by Gasteiger charge is 2.19. The molecule has 0 aliphatic rings. The Bertz CT molecular complexity index is 2850. The van der Waals surface area contributed by atoms with E-state index in [0.717, 1.165) is 39.2 Å². The molecule has 0 aliphatic carbocycles. The summed E-state index contributed by atoms with van der Waals surface area (Å²) < 4.78 is 4.68. The molecule has 0 saturated carbocycles. The molecule has 0 N–H and O–H groups in total. The third-order valence-corrected chi connectivity index (χ3v) is 9.78. The van der Waals surface area contributed by atoms with Crippen molar-refractivity contribution in [1.29, 1.82) is 0 Å². The lowest BCUT2D eigenvalue weighted by atomic mass is 10.0. The fourth-order valence-corrected chi connectivity index (χ4v) is 7.49. The summed E-state index contributed by atoms with van der Waals surface area (Å²) in [5.74, 6) is 0.709. The van der Waals surface area contributed by atoms with Crippen LogP contribution in [0.3, 0.4) is 0 Å². The maximum atomic E-state index is 5.19. The van der Waals surface area contributed by atoms with Gasteiger partial charge in [0.2, 0.25) is 0 Å². The van der Waals surface area contributed by atoms with Crippen LogP contribution >= 0.6 is 0 Å². The molecule has 0 amide bonds. The molecule has 7 aromatic carbocycles. The number of para-hydroxylation sites is 3. The fourth-order valence-electron chi connectivity index (χ4n) is 7.49. The Labute approximate surface area is 289 Å². The molecular formula is C46H30N4. The molecule has 0 saturated heterocycles. The molecule has 10 rings (SSSR count). The first-order valence-electron chi connectivity index (χ1n) is 16.9. The van der Waals surface area contributed by atoms with Crippen LogP contribution in [0.5, 0.6) is 0 Å². The Morgan fingerprint density at radius 2 is 0.840 bits per heavy atom. The second-order valence-electron chi connectivity index (χ2n) is 12.7. The van der Waals surface area contributed by atoms with Crippen molar-refractivity contribution in [2.75, 3.05) is 0 Å². The molecule has 3 aromatic heterocycles. The molecule has 3 heterocycles. The Hall–Kier alpha value is -6.78. The molecule has 10 aromatic rings. The van der Waals surface area contributed by atoms with Crippen LogP contribution in [0.2, 0.25) is 0 Å². The predicted octanol–water partition coefficient (Wildman–Crippen LogP) is 11.7. The first kappa shape index (κ1) is 28.3. The number of hydrogen-bond acceptors (Lipinski definition) is 2. The summed E-state index contributed by atoms with van der Waals surface area (Å²) >= 11 is 0. The summed E-state index contributed by atoms with van der Waals surface area (Å²) in [6, 6.07) is 62.3. The van der Waals surface area contributed by atoms with Crippen LogP contribution in [0.4, 0.5) is 0 Å². The van der Waals surface area contributed by atoms with Gasteiger partial charge in [-0.2, -0.15) is 0 Å². The van der Waals surface area contributed by atoms with Crippen molar-refractivity contribution in [2.45, 2.75) is 0 Å². The van der Waals surface area contributed by atoms with Crippen LogP contribution in [-0.2, 0) is 0 Å². The van der Waals surface area contributed by atoms with E-state index in [4.69, 9.17) is 9.97 Å². The average molecular weight is 639 g/mol. The zero-order valence-electron chi connectivity index (χ0n) is 27.1. The maximum Gasteiger partial charge on any atom is 0.159 e. The standard InChI is InChI=1S/C46H30N4/c1-4-14-31(15-5-1)45-44(30-47-46(48-45)32-16-6-2-7-17-32)50-41-23-13-11-21-37(41)39-29-34(25-27-43(39)50)33-24-26-42-38(28-33)36-20-10-12-22-40(36)49(42)35-18-8-3-9-19-35/h1-30H. The first-order valence-corrected chi connectivity index (χ1v) is 16.9. The topological polar surface area (TPSA) is 35.6 Å². The first-order chi connectivity index (χ1) is 24.8. The van der Waals surface area contributed by atoms with Gasteiger partial charge in [-0.05, 0) is 59.7 Å². The van der Waals surface area contributed by atoms with E-state index in [-0.39, 0.29) is 0 Å². The van der Waals surface area contributed by atoms with E-state index in [0.29, 0.717) is 5.82 Å². The lowest BCUT2D eigenvalue weighted by Gasteiger charge is -2.14. The molecule has 0 fully saturated rings. The minimum absolute atomic E-state index is 0.709. The molecule has 4 nitrogen and oxygen atoms in total. The number of fused-ring (bicyclic) bond motifs is 6. The number of rotatable bonds is 5. The second-order valence-corrected chi connectivity index (χ2v) is 12.7. The normalized spacial score (nSPS) is 11.6. The maximum absolute atomic E-state index is 5.19. The molecule has 0 spiro atoms. The van der Waals surface area contributed by atoms with Crippen LogP contribution in [0.15, 0.2) is 182 Å². The van der Waals surface area contributed by atoms with Gasteiger partial charge in [0.1, 0.15) is 0 Å². The van der Waals surface area contributed by atoms with Crippen molar-refractivity contribution in [1.82, 2.24) is 19.1 Å². The van der Waals surface area contributed by atoms with Gasteiger partial charge in [-0.15, -0.1) is 0 Å². The molecule has 234 valence electrons. The van der Waals surface area contributed by atoms with E-state index in [1.54, 1.807) is 0 Å². The van der Waals surface area contributed by atoms with Gasteiger partial charge in [0.05, 0.1) is 39.6 Å². The van der Waals surface area contributed by atoms with Crippen LogP contribution in [0.25, 0.3) is 88.8 Å². The predicted molar refractivity (Wildman–Crippen MR) is 207 cm³/mol. The summed E-state index contributed by atoms with van der Waals surface area (Å²) in [6.07, 6.45) is 1.98.